The summed E-state index contributed by atoms with van der Waals surface area (Å²) in [4.78, 5) is 0. The summed E-state index contributed by atoms with van der Waals surface area (Å²) in [6.07, 6.45) is 12.1. The Kier molecular flexibility index (Phi) is 8.55. The van der Waals surface area contributed by atoms with E-state index in [1.54, 1.807) is 0 Å². The third-order valence-corrected chi connectivity index (χ3v) is 4.29. The highest BCUT2D eigenvalue weighted by Crippen LogP contribution is 2.28. The molecule has 0 saturated heterocycles. The minimum atomic E-state index is -0.202. The molecule has 4 nitrogen and oxygen atoms in total. The SMILES string of the molecule is N=NC(CCC(Cl)NN)CC1CCCCCCC1. The molecule has 0 amide bonds. The molecule has 4 N–H and O–H groups in total. The maximum atomic E-state index is 7.31. The van der Waals surface area contributed by atoms with Gasteiger partial charge < -0.3 is 0 Å². The summed E-state index contributed by atoms with van der Waals surface area (Å²) in [5, 5.41) is 3.77. The van der Waals surface area contributed by atoms with Crippen LogP contribution in [0.3, 0.4) is 0 Å². The van der Waals surface area contributed by atoms with E-state index in [-0.39, 0.29) is 11.5 Å². The van der Waals surface area contributed by atoms with Gasteiger partial charge in [0.05, 0.1) is 11.5 Å². The lowest BCUT2D eigenvalue weighted by Gasteiger charge is -2.22. The summed E-state index contributed by atoms with van der Waals surface area (Å²) >= 11 is 5.92. The first kappa shape index (κ1) is 15.9. The van der Waals surface area contributed by atoms with Crippen molar-refractivity contribution in [1.29, 1.82) is 5.53 Å². The van der Waals surface area contributed by atoms with Crippen LogP contribution in [-0.2, 0) is 0 Å². The molecule has 0 heterocycles. The number of hydrazine groups is 1. The van der Waals surface area contributed by atoms with Crippen LogP contribution in [0.25, 0.3) is 0 Å². The van der Waals surface area contributed by atoms with Gasteiger partial charge in [0.2, 0.25) is 0 Å². The van der Waals surface area contributed by atoms with E-state index in [2.05, 4.69) is 10.5 Å². The molecule has 0 radical (unpaired) electrons. The predicted octanol–water partition coefficient (Wildman–Crippen LogP) is 3.94. The third-order valence-electron chi connectivity index (χ3n) is 3.95. The van der Waals surface area contributed by atoms with Crippen molar-refractivity contribution in [3.8, 4) is 0 Å². The third kappa shape index (κ3) is 6.66. The number of hydrogen-bond acceptors (Lipinski definition) is 4. The largest absolute Gasteiger partial charge is 0.270 e. The molecule has 2 unspecified atom stereocenters. The summed E-state index contributed by atoms with van der Waals surface area (Å²) in [6.45, 7) is 0. The van der Waals surface area contributed by atoms with Crippen LogP contribution in [0.2, 0.25) is 0 Å². The number of hydrogen-bond donors (Lipinski definition) is 3. The Morgan fingerprint density at radius 3 is 2.33 bits per heavy atom. The molecule has 1 rings (SSSR count). The Hall–Kier alpha value is -0.190. The van der Waals surface area contributed by atoms with Gasteiger partial charge in [-0.2, -0.15) is 5.11 Å². The predicted molar refractivity (Wildman–Crippen MR) is 75.6 cm³/mol. The van der Waals surface area contributed by atoms with Crippen molar-refractivity contribution in [3.05, 3.63) is 0 Å². The first-order valence-corrected chi connectivity index (χ1v) is 7.66. The fourth-order valence-corrected chi connectivity index (χ4v) is 2.94. The average Bonchev–Trinajstić information content (AvgIpc) is 2.36. The van der Waals surface area contributed by atoms with Crippen LogP contribution in [0.4, 0.5) is 0 Å². The van der Waals surface area contributed by atoms with Gasteiger partial charge in [0.15, 0.2) is 0 Å². The molecular formula is C13H27ClN4. The van der Waals surface area contributed by atoms with Gasteiger partial charge in [0.1, 0.15) is 0 Å². The quantitative estimate of drug-likeness (QED) is 0.216. The number of nitrogens with zero attached hydrogens (tertiary/aromatic N) is 1. The summed E-state index contributed by atoms with van der Waals surface area (Å²) in [6, 6.07) is 0.129. The van der Waals surface area contributed by atoms with Gasteiger partial charge in [-0.15, -0.1) is 11.6 Å². The molecule has 106 valence electrons. The van der Waals surface area contributed by atoms with E-state index in [4.69, 9.17) is 23.0 Å². The molecule has 1 aliphatic carbocycles. The van der Waals surface area contributed by atoms with E-state index in [9.17, 15) is 0 Å². The van der Waals surface area contributed by atoms with Crippen molar-refractivity contribution >= 4 is 11.6 Å². The molecule has 18 heavy (non-hydrogen) atoms. The molecule has 1 fully saturated rings. The summed E-state index contributed by atoms with van der Waals surface area (Å²) in [5.41, 5.74) is 9.63. The van der Waals surface area contributed by atoms with Crippen molar-refractivity contribution in [1.82, 2.24) is 5.43 Å². The summed E-state index contributed by atoms with van der Waals surface area (Å²) in [7, 11) is 0. The molecule has 2 atom stereocenters. The number of nitrogens with one attached hydrogen (secondary N) is 2. The van der Waals surface area contributed by atoms with Gasteiger partial charge in [0, 0.05) is 0 Å². The van der Waals surface area contributed by atoms with Crippen LogP contribution in [-0.4, -0.2) is 11.5 Å². The lowest BCUT2D eigenvalue weighted by atomic mass is 9.86. The molecule has 1 saturated carbocycles. The second-order valence-electron chi connectivity index (χ2n) is 5.44. The van der Waals surface area contributed by atoms with Crippen molar-refractivity contribution in [3.63, 3.8) is 0 Å². The van der Waals surface area contributed by atoms with Gasteiger partial charge in [0.25, 0.3) is 0 Å². The smallest absolute Gasteiger partial charge is 0.0949 e. The van der Waals surface area contributed by atoms with E-state index in [1.807, 2.05) is 0 Å². The molecule has 0 aromatic rings. The van der Waals surface area contributed by atoms with Gasteiger partial charge in [-0.25, -0.2) is 11.0 Å². The first-order valence-electron chi connectivity index (χ1n) is 7.23. The van der Waals surface area contributed by atoms with Crippen LogP contribution in [0.5, 0.6) is 0 Å². The normalized spacial score (nSPS) is 21.9. The fourth-order valence-electron chi connectivity index (χ4n) is 2.82. The molecule has 0 bridgehead atoms. The van der Waals surface area contributed by atoms with Gasteiger partial charge >= 0.3 is 0 Å². The zero-order chi connectivity index (χ0) is 13.2. The van der Waals surface area contributed by atoms with Crippen molar-refractivity contribution in [2.24, 2.45) is 16.9 Å². The highest BCUT2D eigenvalue weighted by molar-refractivity contribution is 6.20. The average molecular weight is 275 g/mol. The Bertz CT molecular complexity index is 217. The Labute approximate surface area is 116 Å². The number of rotatable bonds is 7. The second-order valence-corrected chi connectivity index (χ2v) is 5.97. The standard InChI is InChI=1S/C13H27ClN4/c14-13(18-16)9-8-12(17-15)10-11-6-4-2-1-3-5-7-11/h11-13,15,18H,1-10,16H2. The van der Waals surface area contributed by atoms with E-state index in [0.29, 0.717) is 0 Å². The molecule has 0 aromatic carbocycles. The second kappa shape index (κ2) is 9.70. The van der Waals surface area contributed by atoms with Crippen LogP contribution in [0.15, 0.2) is 5.11 Å². The van der Waals surface area contributed by atoms with Crippen LogP contribution >= 0.6 is 11.6 Å². The van der Waals surface area contributed by atoms with Crippen LogP contribution < -0.4 is 11.3 Å². The molecular weight excluding hydrogens is 248 g/mol. The van der Waals surface area contributed by atoms with Gasteiger partial charge in [-0.3, -0.25) is 5.84 Å². The zero-order valence-electron chi connectivity index (χ0n) is 11.2. The minimum Gasteiger partial charge on any atom is -0.270 e. The van der Waals surface area contributed by atoms with Crippen LogP contribution in [0, 0.1) is 11.4 Å². The van der Waals surface area contributed by atoms with E-state index >= 15 is 0 Å². The monoisotopic (exact) mass is 274 g/mol. The minimum absolute atomic E-state index is 0.129. The maximum absolute atomic E-state index is 7.31. The summed E-state index contributed by atoms with van der Waals surface area (Å²) in [5.74, 6) is 6.02. The number of alkyl halides is 1. The van der Waals surface area contributed by atoms with E-state index < -0.39 is 0 Å². The van der Waals surface area contributed by atoms with Crippen molar-refractivity contribution in [2.75, 3.05) is 0 Å². The highest BCUT2D eigenvalue weighted by atomic mass is 35.5. The highest BCUT2D eigenvalue weighted by Gasteiger charge is 2.18. The topological polar surface area (TPSA) is 74.3 Å². The molecule has 0 aliphatic heterocycles. The van der Waals surface area contributed by atoms with E-state index in [1.165, 1.54) is 44.9 Å². The lowest BCUT2D eigenvalue weighted by molar-refractivity contribution is 0.322. The number of halogens is 1. The lowest BCUT2D eigenvalue weighted by Crippen LogP contribution is -2.31. The maximum Gasteiger partial charge on any atom is 0.0949 e. The van der Waals surface area contributed by atoms with Crippen LogP contribution in [0.1, 0.15) is 64.2 Å². The Morgan fingerprint density at radius 2 is 1.78 bits per heavy atom. The molecule has 0 aromatic heterocycles. The molecule has 1 aliphatic rings. The summed E-state index contributed by atoms with van der Waals surface area (Å²) < 4.78 is 0. The molecule has 5 heteroatoms. The van der Waals surface area contributed by atoms with Gasteiger partial charge in [-0.1, -0.05) is 44.9 Å². The van der Waals surface area contributed by atoms with Gasteiger partial charge in [-0.05, 0) is 25.2 Å². The van der Waals surface area contributed by atoms with E-state index in [0.717, 1.165) is 25.2 Å². The fraction of sp³-hybridized carbons (Fsp3) is 1.00. The molecule has 0 spiro atoms. The Morgan fingerprint density at radius 1 is 1.17 bits per heavy atom. The zero-order valence-corrected chi connectivity index (χ0v) is 12.0. The number of nitrogens with two attached hydrogens (primary N) is 1. The van der Waals surface area contributed by atoms with Crippen molar-refractivity contribution in [2.45, 2.75) is 75.8 Å². The first-order chi connectivity index (χ1) is 8.76. The van der Waals surface area contributed by atoms with Crippen molar-refractivity contribution < 1.29 is 0 Å². The Balaban J connectivity index is 2.28.